The third kappa shape index (κ3) is 3.88. The van der Waals surface area contributed by atoms with Crippen molar-refractivity contribution in [2.75, 3.05) is 0 Å². The molecular weight excluding hydrogens is 480 g/mol. The van der Waals surface area contributed by atoms with Crippen LogP contribution in [-0.4, -0.2) is 0 Å². The molecule has 34 heavy (non-hydrogen) atoms. The second kappa shape index (κ2) is 8.13. The van der Waals surface area contributed by atoms with Gasteiger partial charge in [-0.25, -0.2) is 0 Å². The largest absolute Gasteiger partial charge is 0.455 e. The molecule has 0 amide bonds. The van der Waals surface area contributed by atoms with Crippen LogP contribution in [0.2, 0.25) is 0 Å². The molecular formula is C32H31BrO. The zero-order valence-electron chi connectivity index (χ0n) is 20.8. The van der Waals surface area contributed by atoms with Gasteiger partial charge >= 0.3 is 0 Å². The molecule has 0 N–H and O–H groups in total. The maximum atomic E-state index is 6.85. The molecule has 0 saturated heterocycles. The van der Waals surface area contributed by atoms with Crippen LogP contribution in [-0.2, 0) is 10.8 Å². The molecule has 1 nitrogen and oxygen atoms in total. The number of halogens is 1. The molecule has 0 radical (unpaired) electrons. The highest BCUT2D eigenvalue weighted by Gasteiger charge is 2.28. The molecule has 5 rings (SSSR count). The first-order valence-corrected chi connectivity index (χ1v) is 12.7. The van der Waals surface area contributed by atoms with Crippen molar-refractivity contribution in [3.63, 3.8) is 0 Å². The molecule has 0 saturated carbocycles. The van der Waals surface area contributed by atoms with Gasteiger partial charge in [0.15, 0.2) is 0 Å². The molecule has 1 aromatic heterocycles. The Balaban J connectivity index is 2.02. The Bertz CT molecular complexity index is 1490. The van der Waals surface area contributed by atoms with E-state index in [9.17, 15) is 0 Å². The molecule has 0 bridgehead atoms. The van der Waals surface area contributed by atoms with E-state index in [4.69, 9.17) is 4.42 Å². The minimum atomic E-state index is -0.0665. The van der Waals surface area contributed by atoms with Gasteiger partial charge in [-0.15, -0.1) is 0 Å². The highest BCUT2D eigenvalue weighted by molar-refractivity contribution is 9.10. The van der Waals surface area contributed by atoms with E-state index in [1.165, 1.54) is 44.2 Å². The Morgan fingerprint density at radius 1 is 0.588 bits per heavy atom. The first-order chi connectivity index (χ1) is 16.1. The van der Waals surface area contributed by atoms with Crippen LogP contribution < -0.4 is 0 Å². The summed E-state index contributed by atoms with van der Waals surface area (Å²) in [6.45, 7) is 13.6. The van der Waals surface area contributed by atoms with Crippen LogP contribution in [0, 0.1) is 0 Å². The van der Waals surface area contributed by atoms with Crippen molar-refractivity contribution in [2.24, 2.45) is 0 Å². The lowest BCUT2D eigenvalue weighted by molar-refractivity contribution is 0.557. The van der Waals surface area contributed by atoms with Gasteiger partial charge in [0, 0.05) is 31.9 Å². The van der Waals surface area contributed by atoms with Crippen LogP contribution >= 0.6 is 15.9 Å². The third-order valence-corrected chi connectivity index (χ3v) is 7.20. The summed E-state index contributed by atoms with van der Waals surface area (Å²) in [6.07, 6.45) is 0. The Morgan fingerprint density at radius 2 is 1.12 bits per heavy atom. The van der Waals surface area contributed by atoms with E-state index in [1.54, 1.807) is 0 Å². The van der Waals surface area contributed by atoms with E-state index in [1.807, 2.05) is 0 Å². The first kappa shape index (κ1) is 22.9. The predicted molar refractivity (Wildman–Crippen MR) is 150 cm³/mol. The van der Waals surface area contributed by atoms with Crippen LogP contribution in [0.15, 0.2) is 87.8 Å². The van der Waals surface area contributed by atoms with Gasteiger partial charge in [-0.2, -0.15) is 0 Å². The highest BCUT2D eigenvalue weighted by Crippen LogP contribution is 2.48. The average Bonchev–Trinajstić information content (AvgIpc) is 3.16. The van der Waals surface area contributed by atoms with Gasteiger partial charge in [0.25, 0.3) is 0 Å². The standard InChI is InChI=1S/C32H31BrO/c1-31(2,3)24-18-22(20-13-9-7-10-14-20)17-23-28-27(21-15-11-8-12-16-21)26(33)19-25(32(4,5)6)30(28)34-29(23)24/h7-19H,1-6H3. The fourth-order valence-corrected chi connectivity index (χ4v) is 5.48. The fourth-order valence-electron chi connectivity index (χ4n) is 4.82. The van der Waals surface area contributed by atoms with Crippen molar-refractivity contribution in [2.45, 2.75) is 52.4 Å². The summed E-state index contributed by atoms with van der Waals surface area (Å²) in [5.74, 6) is 0. The number of benzene rings is 4. The number of rotatable bonds is 2. The lowest BCUT2D eigenvalue weighted by Gasteiger charge is -2.21. The number of hydrogen-bond acceptors (Lipinski definition) is 1. The maximum Gasteiger partial charge on any atom is 0.139 e. The lowest BCUT2D eigenvalue weighted by Crippen LogP contribution is -2.11. The maximum absolute atomic E-state index is 6.85. The van der Waals surface area contributed by atoms with Crippen molar-refractivity contribution >= 4 is 37.9 Å². The third-order valence-electron chi connectivity index (χ3n) is 6.58. The van der Waals surface area contributed by atoms with E-state index in [2.05, 4.69) is 136 Å². The highest BCUT2D eigenvalue weighted by atomic mass is 79.9. The molecule has 0 aliphatic rings. The van der Waals surface area contributed by atoms with Gasteiger partial charge in [0.1, 0.15) is 11.2 Å². The molecule has 5 aromatic rings. The van der Waals surface area contributed by atoms with Gasteiger partial charge in [-0.1, -0.05) is 118 Å². The number of hydrogen-bond donors (Lipinski definition) is 0. The molecule has 0 fully saturated rings. The Labute approximate surface area is 210 Å². The molecule has 0 atom stereocenters. The monoisotopic (exact) mass is 510 g/mol. The molecule has 0 aliphatic carbocycles. The van der Waals surface area contributed by atoms with E-state index >= 15 is 0 Å². The van der Waals surface area contributed by atoms with Crippen LogP contribution in [0.4, 0.5) is 0 Å². The summed E-state index contributed by atoms with van der Waals surface area (Å²) in [7, 11) is 0. The molecule has 4 aromatic carbocycles. The number of fused-ring (bicyclic) bond motifs is 3. The lowest BCUT2D eigenvalue weighted by atomic mass is 9.82. The van der Waals surface area contributed by atoms with Crippen LogP contribution in [0.1, 0.15) is 52.7 Å². The van der Waals surface area contributed by atoms with Crippen LogP contribution in [0.25, 0.3) is 44.2 Å². The van der Waals surface area contributed by atoms with Gasteiger partial charge in [0.2, 0.25) is 0 Å². The Hall–Kier alpha value is -2.84. The first-order valence-electron chi connectivity index (χ1n) is 11.9. The summed E-state index contributed by atoms with van der Waals surface area (Å²) in [5, 5.41) is 2.36. The van der Waals surface area contributed by atoms with Gasteiger partial charge in [0.05, 0.1) is 0 Å². The summed E-state index contributed by atoms with van der Waals surface area (Å²) in [6, 6.07) is 28.2. The SMILES string of the molecule is CC(C)(C)c1cc(-c2ccccc2)cc2c1oc1c(C(C)(C)C)cc(Br)c(-c3ccccc3)c12. The van der Waals surface area contributed by atoms with Crippen molar-refractivity contribution in [3.8, 4) is 22.3 Å². The number of furan rings is 1. The van der Waals surface area contributed by atoms with E-state index in [0.717, 1.165) is 15.6 Å². The topological polar surface area (TPSA) is 13.1 Å². The molecule has 0 aliphatic heterocycles. The Morgan fingerprint density at radius 3 is 1.68 bits per heavy atom. The summed E-state index contributed by atoms with van der Waals surface area (Å²) in [4.78, 5) is 0. The quantitative estimate of drug-likeness (QED) is 0.230. The smallest absolute Gasteiger partial charge is 0.139 e. The summed E-state index contributed by atoms with van der Waals surface area (Å²) < 4.78 is 7.95. The zero-order chi connectivity index (χ0) is 24.3. The second-order valence-electron chi connectivity index (χ2n) is 11.2. The fraction of sp³-hybridized carbons (Fsp3) is 0.250. The van der Waals surface area contributed by atoms with E-state index < -0.39 is 0 Å². The zero-order valence-corrected chi connectivity index (χ0v) is 22.4. The van der Waals surface area contributed by atoms with Crippen molar-refractivity contribution in [1.29, 1.82) is 0 Å². The van der Waals surface area contributed by atoms with E-state index in [-0.39, 0.29) is 10.8 Å². The van der Waals surface area contributed by atoms with Gasteiger partial charge < -0.3 is 4.42 Å². The molecule has 0 unspecified atom stereocenters. The van der Waals surface area contributed by atoms with E-state index in [0.29, 0.717) is 0 Å². The minimum Gasteiger partial charge on any atom is -0.455 e. The molecule has 2 heteroatoms. The Kier molecular flexibility index (Phi) is 5.48. The molecule has 0 spiro atoms. The van der Waals surface area contributed by atoms with Gasteiger partial charge in [-0.3, -0.25) is 0 Å². The van der Waals surface area contributed by atoms with Crippen molar-refractivity contribution in [3.05, 3.63) is 94.5 Å². The van der Waals surface area contributed by atoms with Gasteiger partial charge in [-0.05, 0) is 45.7 Å². The normalized spacial score (nSPS) is 12.6. The predicted octanol–water partition coefficient (Wildman–Crippen LogP) is 10.3. The molecule has 172 valence electrons. The van der Waals surface area contributed by atoms with Crippen molar-refractivity contribution in [1.82, 2.24) is 0 Å². The second-order valence-corrected chi connectivity index (χ2v) is 12.1. The average molecular weight is 512 g/mol. The van der Waals surface area contributed by atoms with Crippen LogP contribution in [0.5, 0.6) is 0 Å². The van der Waals surface area contributed by atoms with Crippen LogP contribution in [0.3, 0.4) is 0 Å². The van der Waals surface area contributed by atoms with Crippen molar-refractivity contribution < 1.29 is 4.42 Å². The summed E-state index contributed by atoms with van der Waals surface area (Å²) >= 11 is 3.95. The summed E-state index contributed by atoms with van der Waals surface area (Å²) in [5.41, 5.74) is 9.10. The molecule has 1 heterocycles. The minimum absolute atomic E-state index is 0.0615.